The van der Waals surface area contributed by atoms with Crippen LogP contribution in [0.1, 0.15) is 23.6 Å². The zero-order chi connectivity index (χ0) is 23.9. The largest absolute Gasteiger partial charge is 0.573 e. The molecule has 13 heteroatoms. The maximum Gasteiger partial charge on any atom is 0.573 e. The van der Waals surface area contributed by atoms with Crippen molar-refractivity contribution in [2.24, 2.45) is 0 Å². The quantitative estimate of drug-likeness (QED) is 0.137. The Morgan fingerprint density at radius 2 is 1.84 bits per heavy atom. The summed E-state index contributed by atoms with van der Waals surface area (Å²) in [6.07, 6.45) is -9.53. The lowest BCUT2D eigenvalue weighted by Gasteiger charge is -2.20. The van der Waals surface area contributed by atoms with E-state index in [1.54, 1.807) is 0 Å². The number of benzene rings is 2. The van der Waals surface area contributed by atoms with Crippen molar-refractivity contribution in [2.75, 3.05) is 24.0 Å². The molecule has 0 saturated carbocycles. The van der Waals surface area contributed by atoms with E-state index in [1.165, 1.54) is 25.2 Å². The number of anilines is 2. The van der Waals surface area contributed by atoms with Gasteiger partial charge in [0.15, 0.2) is 0 Å². The summed E-state index contributed by atoms with van der Waals surface area (Å²) in [6, 6.07) is 7.18. The fourth-order valence-electron chi connectivity index (χ4n) is 2.59. The molecule has 0 aliphatic heterocycles. The Balaban J connectivity index is 2.05. The first kappa shape index (κ1) is 25.5. The summed E-state index contributed by atoms with van der Waals surface area (Å²) in [5, 5.41) is 5.21. The Labute approximate surface area is 184 Å². The van der Waals surface area contributed by atoms with Crippen LogP contribution in [0.15, 0.2) is 42.5 Å². The average Bonchev–Trinajstić information content (AvgIpc) is 2.70. The zero-order valence-electron chi connectivity index (χ0n) is 16.6. The van der Waals surface area contributed by atoms with E-state index in [-0.39, 0.29) is 29.2 Å². The van der Waals surface area contributed by atoms with Gasteiger partial charge in [-0.05, 0) is 29.8 Å². The number of nitrogens with one attached hydrogen (secondary N) is 3. The number of amides is 1. The van der Waals surface area contributed by atoms with E-state index in [0.29, 0.717) is 0 Å². The van der Waals surface area contributed by atoms with E-state index in [0.717, 1.165) is 36.2 Å². The minimum atomic E-state index is -4.86. The second kappa shape index (κ2) is 10.7. The van der Waals surface area contributed by atoms with Crippen LogP contribution in [0.25, 0.3) is 0 Å². The molecule has 0 heterocycles. The number of ether oxygens (including phenoxy) is 1. The monoisotopic (exact) mass is 482 g/mol. The van der Waals surface area contributed by atoms with Gasteiger partial charge in [-0.2, -0.15) is 13.2 Å². The predicted octanol–water partition coefficient (Wildman–Crippen LogP) is 4.67. The molecule has 0 spiro atoms. The zero-order valence-corrected chi connectivity index (χ0v) is 17.4. The van der Waals surface area contributed by atoms with Crippen LogP contribution in [0.5, 0.6) is 5.75 Å². The lowest BCUT2D eigenvalue weighted by molar-refractivity contribution is -0.274. The van der Waals surface area contributed by atoms with Gasteiger partial charge in [-0.3, -0.25) is 9.52 Å². The van der Waals surface area contributed by atoms with Crippen LogP contribution in [0.3, 0.4) is 0 Å². The van der Waals surface area contributed by atoms with Crippen LogP contribution in [0.4, 0.5) is 37.7 Å². The van der Waals surface area contributed by atoms with Crippen LogP contribution in [-0.2, 0) is 11.0 Å². The Hall–Kier alpha value is -2.80. The minimum absolute atomic E-state index is 0.0723. The molecule has 2 aromatic rings. The molecule has 2 aromatic carbocycles. The highest BCUT2D eigenvalue weighted by Gasteiger charge is 2.32. The van der Waals surface area contributed by atoms with Crippen LogP contribution in [0.2, 0.25) is 0 Å². The minimum Gasteiger partial charge on any atom is -0.406 e. The second-order valence-corrected chi connectivity index (χ2v) is 7.25. The number of carbonyl (C=O) groups is 1. The summed E-state index contributed by atoms with van der Waals surface area (Å²) < 4.78 is 82.9. The molecule has 0 bridgehead atoms. The van der Waals surface area contributed by atoms with Crippen molar-refractivity contribution in [3.63, 3.8) is 0 Å². The number of nitrogens with two attached hydrogens (primary N) is 1. The van der Waals surface area contributed by atoms with Crippen molar-refractivity contribution in [3.05, 3.63) is 53.6 Å². The van der Waals surface area contributed by atoms with Crippen LogP contribution in [0, 0.1) is 0 Å². The molecule has 6 nitrogen and oxygen atoms in total. The second-order valence-electron chi connectivity index (χ2n) is 6.43. The van der Waals surface area contributed by atoms with Gasteiger partial charge < -0.3 is 21.1 Å². The van der Waals surface area contributed by atoms with Gasteiger partial charge in [0.2, 0.25) is 5.91 Å². The van der Waals surface area contributed by atoms with Gasteiger partial charge in [0.25, 0.3) is 0 Å². The maximum absolute atomic E-state index is 13.0. The van der Waals surface area contributed by atoms with Crippen LogP contribution < -0.4 is 25.8 Å². The molecule has 0 radical (unpaired) electrons. The van der Waals surface area contributed by atoms with Crippen LogP contribution >= 0.6 is 11.9 Å². The molecular weight excluding hydrogens is 462 g/mol. The predicted molar refractivity (Wildman–Crippen MR) is 110 cm³/mol. The van der Waals surface area contributed by atoms with Crippen molar-refractivity contribution in [1.82, 2.24) is 10.0 Å². The fraction of sp³-hybridized carbons (Fsp3) is 0.316. The van der Waals surface area contributed by atoms with Crippen molar-refractivity contribution in [2.45, 2.75) is 25.0 Å². The van der Waals surface area contributed by atoms with Gasteiger partial charge in [0.1, 0.15) is 5.75 Å². The summed E-state index contributed by atoms with van der Waals surface area (Å²) in [5.74, 6) is -0.786. The number of hydrogen-bond donors (Lipinski definition) is 4. The normalized spacial score (nSPS) is 12.8. The number of hydrogen-bond acceptors (Lipinski definition) is 6. The number of halogens is 6. The smallest absolute Gasteiger partial charge is 0.406 e. The molecule has 0 saturated heterocycles. The Morgan fingerprint density at radius 1 is 1.12 bits per heavy atom. The molecule has 5 N–H and O–H groups in total. The summed E-state index contributed by atoms with van der Waals surface area (Å²) >= 11 is 1.00. The van der Waals surface area contributed by atoms with Crippen molar-refractivity contribution >= 4 is 29.2 Å². The van der Waals surface area contributed by atoms with Gasteiger partial charge in [0.05, 0.1) is 28.9 Å². The third-order valence-electron chi connectivity index (χ3n) is 4.10. The average molecular weight is 482 g/mol. The van der Waals surface area contributed by atoms with E-state index in [4.69, 9.17) is 5.73 Å². The third kappa shape index (κ3) is 8.04. The first-order chi connectivity index (χ1) is 14.9. The van der Waals surface area contributed by atoms with E-state index in [2.05, 4.69) is 20.1 Å². The molecular formula is C19H20F6N4O2S. The fourth-order valence-corrected chi connectivity index (χ4v) is 3.32. The molecule has 0 fully saturated rings. The summed E-state index contributed by atoms with van der Waals surface area (Å²) in [4.78, 5) is 11.8. The molecule has 32 heavy (non-hydrogen) atoms. The van der Waals surface area contributed by atoms with Gasteiger partial charge in [0, 0.05) is 19.5 Å². The highest BCUT2D eigenvalue weighted by atomic mass is 32.2. The first-order valence-corrected chi connectivity index (χ1v) is 10.0. The standard InChI is InChI=1S/C19H20F6N4O2S/c1-27-17(30)9-15(11-3-2-4-12(7-11)18(20,21)22)29-32-10-28-16-8-13(5-6-14(16)26)31-19(23,24)25/h2-8,15,28-29H,9-10,26H2,1H3,(H,27,30). The Bertz CT molecular complexity index is 923. The highest BCUT2D eigenvalue weighted by Crippen LogP contribution is 2.32. The third-order valence-corrected chi connectivity index (χ3v) is 4.84. The molecule has 176 valence electrons. The molecule has 2 rings (SSSR count). The Kier molecular flexibility index (Phi) is 8.50. The summed E-state index contributed by atoms with van der Waals surface area (Å²) in [7, 11) is 1.40. The topological polar surface area (TPSA) is 88.4 Å². The molecule has 1 amide bonds. The molecule has 0 aliphatic carbocycles. The van der Waals surface area contributed by atoms with Crippen molar-refractivity contribution in [1.29, 1.82) is 0 Å². The van der Waals surface area contributed by atoms with Crippen molar-refractivity contribution in [3.8, 4) is 5.75 Å². The molecule has 0 aliphatic rings. The number of nitrogen functional groups attached to an aromatic ring is 1. The van der Waals surface area contributed by atoms with E-state index in [9.17, 15) is 31.1 Å². The lowest BCUT2D eigenvalue weighted by atomic mass is 10.0. The highest BCUT2D eigenvalue weighted by molar-refractivity contribution is 7.97. The van der Waals surface area contributed by atoms with Gasteiger partial charge in [-0.15, -0.1) is 13.2 Å². The van der Waals surface area contributed by atoms with E-state index < -0.39 is 35.8 Å². The molecule has 1 atom stereocenters. The number of rotatable bonds is 9. The van der Waals surface area contributed by atoms with Gasteiger partial charge in [-0.1, -0.05) is 24.1 Å². The maximum atomic E-state index is 13.0. The van der Waals surface area contributed by atoms with E-state index >= 15 is 0 Å². The SMILES string of the molecule is CNC(=O)CC(NSCNc1cc(OC(F)(F)F)ccc1N)c1cccc(C(F)(F)F)c1. The van der Waals surface area contributed by atoms with E-state index in [1.807, 2.05) is 0 Å². The molecule has 1 unspecified atom stereocenters. The summed E-state index contributed by atoms with van der Waals surface area (Å²) in [5.41, 5.74) is 5.47. The summed E-state index contributed by atoms with van der Waals surface area (Å²) in [6.45, 7) is 0. The number of alkyl halides is 6. The Morgan fingerprint density at radius 3 is 2.47 bits per heavy atom. The van der Waals surface area contributed by atoms with Crippen LogP contribution in [-0.4, -0.2) is 25.2 Å². The van der Waals surface area contributed by atoms with Gasteiger partial charge in [-0.25, -0.2) is 0 Å². The first-order valence-electron chi connectivity index (χ1n) is 9.03. The van der Waals surface area contributed by atoms with Gasteiger partial charge >= 0.3 is 12.5 Å². The lowest BCUT2D eigenvalue weighted by Crippen LogP contribution is -2.26. The molecule has 0 aromatic heterocycles. The van der Waals surface area contributed by atoms with Crippen molar-refractivity contribution < 1.29 is 35.9 Å². The number of carbonyl (C=O) groups excluding carboxylic acids is 1.